The van der Waals surface area contributed by atoms with Gasteiger partial charge in [0.15, 0.2) is 0 Å². The van der Waals surface area contributed by atoms with E-state index in [1.807, 2.05) is 38.1 Å². The Morgan fingerprint density at radius 3 is 2.82 bits per heavy atom. The van der Waals surface area contributed by atoms with Gasteiger partial charge in [-0.1, -0.05) is 48.3 Å². The maximum absolute atomic E-state index is 11.6. The lowest BCUT2D eigenvalue weighted by Gasteiger charge is -2.16. The second-order valence-electron chi connectivity index (χ2n) is 4.15. The van der Waals surface area contributed by atoms with Gasteiger partial charge in [-0.05, 0) is 23.6 Å². The summed E-state index contributed by atoms with van der Waals surface area (Å²) in [5.74, 6) is -0.190. The molecule has 0 saturated carbocycles. The first kappa shape index (κ1) is 14.2. The summed E-state index contributed by atoms with van der Waals surface area (Å²) in [7, 11) is 0. The van der Waals surface area contributed by atoms with Crippen LogP contribution in [0.2, 0.25) is 0 Å². The smallest absolute Gasteiger partial charge is 0.323 e. The van der Waals surface area contributed by atoms with E-state index < -0.39 is 6.04 Å². The molecule has 1 rings (SSSR count). The Bertz CT molecular complexity index is 381. The third-order valence-electron chi connectivity index (χ3n) is 2.80. The van der Waals surface area contributed by atoms with E-state index in [0.29, 0.717) is 0 Å². The van der Waals surface area contributed by atoms with Crippen molar-refractivity contribution in [2.24, 2.45) is 11.7 Å². The third kappa shape index (κ3) is 4.48. The fraction of sp³-hybridized carbons (Fsp3) is 0.462. The average Bonchev–Trinajstić information content (AvgIpc) is 2.34. The Labute approximate surface area is 110 Å². The molecule has 3 nitrogen and oxygen atoms in total. The molecular formula is C13H18BrNO2. The fourth-order valence-corrected chi connectivity index (χ4v) is 1.81. The first-order valence-electron chi connectivity index (χ1n) is 5.71. The number of rotatable bonds is 5. The van der Waals surface area contributed by atoms with E-state index in [9.17, 15) is 4.79 Å². The van der Waals surface area contributed by atoms with Crippen molar-refractivity contribution in [2.45, 2.75) is 32.9 Å². The van der Waals surface area contributed by atoms with Gasteiger partial charge in [-0.15, -0.1) is 0 Å². The molecule has 2 N–H and O–H groups in total. The van der Waals surface area contributed by atoms with Gasteiger partial charge in [0, 0.05) is 4.47 Å². The summed E-state index contributed by atoms with van der Waals surface area (Å²) in [6.45, 7) is 4.22. The molecule has 4 heteroatoms. The number of benzene rings is 1. The zero-order chi connectivity index (χ0) is 12.8. The molecule has 0 heterocycles. The molecule has 0 aliphatic carbocycles. The lowest BCUT2D eigenvalue weighted by molar-refractivity contribution is -0.147. The van der Waals surface area contributed by atoms with Crippen LogP contribution in [-0.4, -0.2) is 12.0 Å². The van der Waals surface area contributed by atoms with Crippen LogP contribution in [0, 0.1) is 5.92 Å². The van der Waals surface area contributed by atoms with Gasteiger partial charge in [-0.2, -0.15) is 0 Å². The predicted octanol–water partition coefficient (Wildman–Crippen LogP) is 2.87. The van der Waals surface area contributed by atoms with Gasteiger partial charge in [0.2, 0.25) is 0 Å². The molecule has 1 aromatic carbocycles. The number of ether oxygens (including phenoxy) is 1. The van der Waals surface area contributed by atoms with Crippen LogP contribution in [0.1, 0.15) is 25.8 Å². The van der Waals surface area contributed by atoms with Gasteiger partial charge >= 0.3 is 5.97 Å². The molecule has 0 bridgehead atoms. The van der Waals surface area contributed by atoms with Crippen LogP contribution in [0.4, 0.5) is 0 Å². The largest absolute Gasteiger partial charge is 0.460 e. The van der Waals surface area contributed by atoms with Crippen molar-refractivity contribution in [1.29, 1.82) is 0 Å². The number of halogens is 1. The lowest BCUT2D eigenvalue weighted by atomic mass is 10.0. The molecule has 1 aromatic rings. The average molecular weight is 300 g/mol. The molecule has 0 aliphatic heterocycles. The molecule has 0 aromatic heterocycles. The van der Waals surface area contributed by atoms with Gasteiger partial charge in [-0.25, -0.2) is 0 Å². The second-order valence-corrected chi connectivity index (χ2v) is 5.06. The molecular weight excluding hydrogens is 282 g/mol. The Kier molecular flexibility index (Phi) is 5.65. The maximum atomic E-state index is 11.6. The number of hydrogen-bond acceptors (Lipinski definition) is 3. The number of carbonyl (C=O) groups excluding carboxylic acids is 1. The number of esters is 1. The van der Waals surface area contributed by atoms with Crippen molar-refractivity contribution in [3.63, 3.8) is 0 Å². The van der Waals surface area contributed by atoms with Crippen molar-refractivity contribution < 1.29 is 9.53 Å². The normalized spacial score (nSPS) is 14.1. The summed E-state index contributed by atoms with van der Waals surface area (Å²) in [5.41, 5.74) is 6.73. The lowest BCUT2D eigenvalue weighted by Crippen LogP contribution is -2.37. The SMILES string of the molecule is CC[C@H](C)[C@H](N)C(=O)OCc1cccc(Br)c1. The third-order valence-corrected chi connectivity index (χ3v) is 3.29. The minimum absolute atomic E-state index is 0.144. The maximum Gasteiger partial charge on any atom is 0.323 e. The van der Waals surface area contributed by atoms with Gasteiger partial charge in [0.1, 0.15) is 12.6 Å². The first-order chi connectivity index (χ1) is 8.04. The molecule has 0 spiro atoms. The van der Waals surface area contributed by atoms with Crippen molar-refractivity contribution in [2.75, 3.05) is 0 Å². The summed E-state index contributed by atoms with van der Waals surface area (Å²) in [4.78, 5) is 11.6. The van der Waals surface area contributed by atoms with E-state index in [-0.39, 0.29) is 18.5 Å². The van der Waals surface area contributed by atoms with Crippen molar-refractivity contribution in [1.82, 2.24) is 0 Å². The molecule has 94 valence electrons. The van der Waals surface area contributed by atoms with E-state index in [1.54, 1.807) is 0 Å². The van der Waals surface area contributed by atoms with Gasteiger partial charge in [-0.3, -0.25) is 4.79 Å². The summed E-state index contributed by atoms with van der Waals surface area (Å²) in [5, 5.41) is 0. The highest BCUT2D eigenvalue weighted by atomic mass is 79.9. The van der Waals surface area contributed by atoms with Crippen LogP contribution in [0.5, 0.6) is 0 Å². The van der Waals surface area contributed by atoms with E-state index in [1.165, 1.54) is 0 Å². The van der Waals surface area contributed by atoms with E-state index in [4.69, 9.17) is 10.5 Å². The van der Waals surface area contributed by atoms with E-state index in [2.05, 4.69) is 15.9 Å². The zero-order valence-corrected chi connectivity index (χ0v) is 11.7. The van der Waals surface area contributed by atoms with Gasteiger partial charge in [0.25, 0.3) is 0 Å². The van der Waals surface area contributed by atoms with Crippen LogP contribution in [0.25, 0.3) is 0 Å². The zero-order valence-electron chi connectivity index (χ0n) is 10.2. The molecule has 17 heavy (non-hydrogen) atoms. The van der Waals surface area contributed by atoms with Crippen LogP contribution in [-0.2, 0) is 16.1 Å². The first-order valence-corrected chi connectivity index (χ1v) is 6.50. The topological polar surface area (TPSA) is 52.3 Å². The van der Waals surface area contributed by atoms with Crippen LogP contribution < -0.4 is 5.73 Å². The Morgan fingerprint density at radius 2 is 2.24 bits per heavy atom. The molecule has 0 saturated heterocycles. The predicted molar refractivity (Wildman–Crippen MR) is 71.4 cm³/mol. The standard InChI is InChI=1S/C13H18BrNO2/c1-3-9(2)12(15)13(16)17-8-10-5-4-6-11(14)7-10/h4-7,9,12H,3,8,15H2,1-2H3/t9-,12-/m0/s1. The molecule has 0 radical (unpaired) electrons. The van der Waals surface area contributed by atoms with E-state index in [0.717, 1.165) is 16.5 Å². The molecule has 0 unspecified atom stereocenters. The summed E-state index contributed by atoms with van der Waals surface area (Å²) >= 11 is 3.37. The summed E-state index contributed by atoms with van der Waals surface area (Å²) in [6.07, 6.45) is 0.868. The van der Waals surface area contributed by atoms with Crippen molar-refractivity contribution in [3.8, 4) is 0 Å². The highest BCUT2D eigenvalue weighted by Crippen LogP contribution is 2.13. The van der Waals surface area contributed by atoms with Crippen molar-refractivity contribution in [3.05, 3.63) is 34.3 Å². The Hall–Kier alpha value is -0.870. The Morgan fingerprint density at radius 1 is 1.53 bits per heavy atom. The minimum Gasteiger partial charge on any atom is -0.460 e. The van der Waals surface area contributed by atoms with Crippen LogP contribution >= 0.6 is 15.9 Å². The number of hydrogen-bond donors (Lipinski definition) is 1. The van der Waals surface area contributed by atoms with Gasteiger partial charge in [0.05, 0.1) is 0 Å². The van der Waals surface area contributed by atoms with Crippen LogP contribution in [0.3, 0.4) is 0 Å². The molecule has 0 fully saturated rings. The number of carbonyl (C=O) groups is 1. The van der Waals surface area contributed by atoms with Crippen LogP contribution in [0.15, 0.2) is 28.7 Å². The quantitative estimate of drug-likeness (QED) is 0.851. The molecule has 2 atom stereocenters. The second kappa shape index (κ2) is 6.77. The monoisotopic (exact) mass is 299 g/mol. The highest BCUT2D eigenvalue weighted by Gasteiger charge is 2.20. The van der Waals surface area contributed by atoms with Crippen molar-refractivity contribution >= 4 is 21.9 Å². The van der Waals surface area contributed by atoms with E-state index >= 15 is 0 Å². The summed E-state index contributed by atoms with van der Waals surface area (Å²) in [6, 6.07) is 7.12. The fourth-order valence-electron chi connectivity index (χ4n) is 1.36. The molecule has 0 aliphatic rings. The Balaban J connectivity index is 2.48. The molecule has 0 amide bonds. The minimum atomic E-state index is -0.535. The summed E-state index contributed by atoms with van der Waals surface area (Å²) < 4.78 is 6.15. The highest BCUT2D eigenvalue weighted by molar-refractivity contribution is 9.10. The number of nitrogens with two attached hydrogens (primary N) is 1. The van der Waals surface area contributed by atoms with Gasteiger partial charge < -0.3 is 10.5 Å².